The molecule has 2 nitrogen and oxygen atoms in total. The van der Waals surface area contributed by atoms with Gasteiger partial charge in [-0.3, -0.25) is 11.3 Å². The molecule has 0 amide bonds. The van der Waals surface area contributed by atoms with Crippen LogP contribution >= 0.6 is 0 Å². The lowest BCUT2D eigenvalue weighted by Crippen LogP contribution is -2.41. The van der Waals surface area contributed by atoms with Gasteiger partial charge in [-0.25, -0.2) is 0 Å². The van der Waals surface area contributed by atoms with Crippen molar-refractivity contribution in [1.29, 1.82) is 0 Å². The predicted molar refractivity (Wildman–Crippen MR) is 72.5 cm³/mol. The van der Waals surface area contributed by atoms with Crippen molar-refractivity contribution in [3.8, 4) is 0 Å². The van der Waals surface area contributed by atoms with Crippen molar-refractivity contribution in [2.75, 3.05) is 0 Å². The Hall–Kier alpha value is -0.860. The van der Waals surface area contributed by atoms with Gasteiger partial charge in [0.25, 0.3) is 0 Å². The van der Waals surface area contributed by atoms with E-state index in [4.69, 9.17) is 5.84 Å². The van der Waals surface area contributed by atoms with Crippen molar-refractivity contribution in [2.45, 2.75) is 51.0 Å². The molecule has 3 N–H and O–H groups in total. The Balaban J connectivity index is 2.03. The highest BCUT2D eigenvalue weighted by Crippen LogP contribution is 2.34. The van der Waals surface area contributed by atoms with Crippen LogP contribution in [0.2, 0.25) is 0 Å². The lowest BCUT2D eigenvalue weighted by atomic mass is 9.76. The third-order valence-corrected chi connectivity index (χ3v) is 4.18. The maximum absolute atomic E-state index is 5.76. The van der Waals surface area contributed by atoms with Crippen LogP contribution in [0.4, 0.5) is 0 Å². The van der Waals surface area contributed by atoms with Crippen molar-refractivity contribution in [3.05, 3.63) is 35.9 Å². The molecule has 0 saturated heterocycles. The van der Waals surface area contributed by atoms with E-state index in [1.165, 1.54) is 31.2 Å². The molecule has 94 valence electrons. The Morgan fingerprint density at radius 3 is 2.47 bits per heavy atom. The van der Waals surface area contributed by atoms with Gasteiger partial charge in [0, 0.05) is 12.0 Å². The van der Waals surface area contributed by atoms with Gasteiger partial charge in [0.2, 0.25) is 0 Å². The Kier molecular flexibility index (Phi) is 4.57. The fourth-order valence-electron chi connectivity index (χ4n) is 2.89. The van der Waals surface area contributed by atoms with E-state index in [0.717, 1.165) is 12.3 Å². The molecular formula is C15H24N2. The normalized spacial score (nSPS) is 19.6. The van der Waals surface area contributed by atoms with E-state index in [0.29, 0.717) is 12.0 Å². The second-order valence-corrected chi connectivity index (χ2v) is 5.23. The van der Waals surface area contributed by atoms with E-state index in [9.17, 15) is 0 Å². The van der Waals surface area contributed by atoms with Crippen LogP contribution in [0, 0.1) is 5.92 Å². The predicted octanol–water partition coefficient (Wildman–Crippen LogP) is 3.20. The van der Waals surface area contributed by atoms with Crippen LogP contribution in [0.5, 0.6) is 0 Å². The zero-order valence-corrected chi connectivity index (χ0v) is 10.7. The van der Waals surface area contributed by atoms with Gasteiger partial charge in [-0.05, 0) is 24.3 Å². The zero-order chi connectivity index (χ0) is 12.1. The van der Waals surface area contributed by atoms with E-state index in [1.54, 1.807) is 0 Å². The summed E-state index contributed by atoms with van der Waals surface area (Å²) < 4.78 is 0. The lowest BCUT2D eigenvalue weighted by molar-refractivity contribution is 0.242. The third kappa shape index (κ3) is 3.08. The quantitative estimate of drug-likeness (QED) is 0.584. The number of hydrazine groups is 1. The second kappa shape index (κ2) is 6.18. The maximum atomic E-state index is 5.76. The maximum Gasteiger partial charge on any atom is 0.0281 e. The van der Waals surface area contributed by atoms with Crippen LogP contribution in [0.25, 0.3) is 0 Å². The molecule has 0 bridgehead atoms. The van der Waals surface area contributed by atoms with E-state index in [1.807, 2.05) is 0 Å². The standard InChI is InChI=1S/C15H24N2/c1-2-14(13-9-4-3-5-10-13)15(17-16)11-12-7-6-8-12/h3-5,9-10,12,14-15,17H,2,6-8,11,16H2,1H3. The molecule has 0 radical (unpaired) electrons. The highest BCUT2D eigenvalue weighted by molar-refractivity contribution is 5.21. The molecule has 2 heteroatoms. The highest BCUT2D eigenvalue weighted by Gasteiger charge is 2.26. The molecule has 1 aromatic rings. The van der Waals surface area contributed by atoms with Crippen molar-refractivity contribution in [3.63, 3.8) is 0 Å². The summed E-state index contributed by atoms with van der Waals surface area (Å²) in [4.78, 5) is 0. The van der Waals surface area contributed by atoms with Crippen molar-refractivity contribution < 1.29 is 0 Å². The van der Waals surface area contributed by atoms with Crippen LogP contribution < -0.4 is 11.3 Å². The van der Waals surface area contributed by atoms with Crippen molar-refractivity contribution in [2.24, 2.45) is 11.8 Å². The second-order valence-electron chi connectivity index (χ2n) is 5.23. The van der Waals surface area contributed by atoms with Gasteiger partial charge in [-0.2, -0.15) is 0 Å². The summed E-state index contributed by atoms with van der Waals surface area (Å²) in [6.45, 7) is 2.25. The average molecular weight is 232 g/mol. The van der Waals surface area contributed by atoms with Gasteiger partial charge in [0.05, 0.1) is 0 Å². The minimum atomic E-state index is 0.424. The van der Waals surface area contributed by atoms with E-state index in [2.05, 4.69) is 42.7 Å². The summed E-state index contributed by atoms with van der Waals surface area (Å²) in [5.41, 5.74) is 4.46. The first-order valence-electron chi connectivity index (χ1n) is 6.86. The average Bonchev–Trinajstić information content (AvgIpc) is 2.33. The Labute approximate surface area is 105 Å². The van der Waals surface area contributed by atoms with Gasteiger partial charge >= 0.3 is 0 Å². The van der Waals surface area contributed by atoms with Crippen molar-refractivity contribution >= 4 is 0 Å². The molecule has 0 aromatic heterocycles. The van der Waals surface area contributed by atoms with Crippen molar-refractivity contribution in [1.82, 2.24) is 5.43 Å². The van der Waals surface area contributed by atoms with Gasteiger partial charge in [0.1, 0.15) is 0 Å². The molecule has 0 aliphatic heterocycles. The van der Waals surface area contributed by atoms with E-state index >= 15 is 0 Å². The first kappa shape index (κ1) is 12.6. The molecular weight excluding hydrogens is 208 g/mol. The number of hydrogen-bond acceptors (Lipinski definition) is 2. The Morgan fingerprint density at radius 1 is 1.29 bits per heavy atom. The van der Waals surface area contributed by atoms with Crippen LogP contribution in [0.3, 0.4) is 0 Å². The number of benzene rings is 1. The number of nitrogens with two attached hydrogens (primary N) is 1. The van der Waals surface area contributed by atoms with Gasteiger partial charge in [-0.1, -0.05) is 56.5 Å². The van der Waals surface area contributed by atoms with Gasteiger partial charge in [0.15, 0.2) is 0 Å². The first-order chi connectivity index (χ1) is 8.35. The van der Waals surface area contributed by atoms with Crippen LogP contribution in [0.15, 0.2) is 30.3 Å². The molecule has 1 aliphatic carbocycles. The molecule has 17 heavy (non-hydrogen) atoms. The van der Waals surface area contributed by atoms with Crippen LogP contribution in [-0.2, 0) is 0 Å². The summed E-state index contributed by atoms with van der Waals surface area (Å²) >= 11 is 0. The van der Waals surface area contributed by atoms with Crippen LogP contribution in [0.1, 0.15) is 50.5 Å². The minimum Gasteiger partial charge on any atom is -0.271 e. The number of hydrogen-bond donors (Lipinski definition) is 2. The molecule has 0 heterocycles. The summed E-state index contributed by atoms with van der Waals surface area (Å²) in [6.07, 6.45) is 6.56. The summed E-state index contributed by atoms with van der Waals surface area (Å²) in [6, 6.07) is 11.2. The Morgan fingerprint density at radius 2 is 2.00 bits per heavy atom. The summed E-state index contributed by atoms with van der Waals surface area (Å²) in [5, 5.41) is 0. The molecule has 2 rings (SSSR count). The van der Waals surface area contributed by atoms with Crippen LogP contribution in [-0.4, -0.2) is 6.04 Å². The number of rotatable bonds is 6. The minimum absolute atomic E-state index is 0.424. The molecule has 1 aromatic carbocycles. The fourth-order valence-corrected chi connectivity index (χ4v) is 2.89. The highest BCUT2D eigenvalue weighted by atomic mass is 15.2. The fraction of sp³-hybridized carbons (Fsp3) is 0.600. The third-order valence-electron chi connectivity index (χ3n) is 4.18. The van der Waals surface area contributed by atoms with Gasteiger partial charge < -0.3 is 0 Å². The zero-order valence-electron chi connectivity index (χ0n) is 10.7. The topological polar surface area (TPSA) is 38.0 Å². The summed E-state index contributed by atoms with van der Waals surface area (Å²) in [5.74, 6) is 7.20. The molecule has 2 atom stereocenters. The monoisotopic (exact) mass is 232 g/mol. The lowest BCUT2D eigenvalue weighted by Gasteiger charge is -2.33. The smallest absolute Gasteiger partial charge is 0.0281 e. The SMILES string of the molecule is CCC(c1ccccc1)C(CC1CCC1)NN. The first-order valence-corrected chi connectivity index (χ1v) is 6.86. The molecule has 1 saturated carbocycles. The summed E-state index contributed by atoms with van der Waals surface area (Å²) in [7, 11) is 0. The van der Waals surface area contributed by atoms with E-state index < -0.39 is 0 Å². The largest absolute Gasteiger partial charge is 0.271 e. The molecule has 2 unspecified atom stereocenters. The molecule has 1 aliphatic rings. The van der Waals surface area contributed by atoms with E-state index in [-0.39, 0.29) is 0 Å². The molecule has 1 fully saturated rings. The number of nitrogens with one attached hydrogen (secondary N) is 1. The Bertz CT molecular complexity index is 319. The molecule has 0 spiro atoms. The van der Waals surface area contributed by atoms with Gasteiger partial charge in [-0.15, -0.1) is 0 Å².